The van der Waals surface area contributed by atoms with Gasteiger partial charge in [0.2, 0.25) is 11.8 Å². The van der Waals surface area contributed by atoms with E-state index in [0.717, 1.165) is 4.90 Å². The zero-order valence-electron chi connectivity index (χ0n) is 10.6. The molecule has 2 aliphatic heterocycles. The van der Waals surface area contributed by atoms with Crippen molar-refractivity contribution in [3.63, 3.8) is 0 Å². The number of amides is 4. The molecule has 2 heterocycles. The van der Waals surface area contributed by atoms with E-state index >= 15 is 0 Å². The van der Waals surface area contributed by atoms with Gasteiger partial charge in [-0.1, -0.05) is 13.2 Å². The van der Waals surface area contributed by atoms with E-state index in [1.165, 1.54) is 6.08 Å². The minimum Gasteiger partial charge on any atom is -0.398 e. The third-order valence-electron chi connectivity index (χ3n) is 3.24. The fourth-order valence-electron chi connectivity index (χ4n) is 2.21. The molecule has 7 nitrogen and oxygen atoms in total. The van der Waals surface area contributed by atoms with E-state index in [1.807, 2.05) is 0 Å². The van der Waals surface area contributed by atoms with Gasteiger partial charge in [0, 0.05) is 17.7 Å². The second-order valence-electron chi connectivity index (χ2n) is 4.46. The Morgan fingerprint density at radius 3 is 2.50 bits per heavy atom. The third-order valence-corrected chi connectivity index (χ3v) is 3.24. The molecule has 0 aliphatic carbocycles. The Morgan fingerprint density at radius 2 is 1.95 bits per heavy atom. The molecule has 7 heteroatoms. The molecule has 20 heavy (non-hydrogen) atoms. The predicted molar refractivity (Wildman–Crippen MR) is 68.6 cm³/mol. The van der Waals surface area contributed by atoms with Gasteiger partial charge in [-0.05, 0) is 12.5 Å². The van der Waals surface area contributed by atoms with Crippen LogP contribution in [0, 0.1) is 0 Å². The second-order valence-corrected chi connectivity index (χ2v) is 4.46. The van der Waals surface area contributed by atoms with Crippen molar-refractivity contribution in [2.75, 3.05) is 0 Å². The van der Waals surface area contributed by atoms with Crippen molar-refractivity contribution in [3.8, 4) is 0 Å². The summed E-state index contributed by atoms with van der Waals surface area (Å²) in [5.74, 6) is -2.46. The number of nitrogens with two attached hydrogens (primary N) is 1. The van der Waals surface area contributed by atoms with Crippen LogP contribution in [0.2, 0.25) is 0 Å². The van der Waals surface area contributed by atoms with Crippen LogP contribution in [0.3, 0.4) is 0 Å². The highest BCUT2D eigenvalue weighted by molar-refractivity contribution is 6.26. The highest BCUT2D eigenvalue weighted by Gasteiger charge is 2.46. The molecule has 4 amide bonds. The van der Waals surface area contributed by atoms with Crippen LogP contribution in [0.1, 0.15) is 12.8 Å². The maximum Gasteiger partial charge on any atom is 0.264 e. The molecular formula is C13H13N3O4. The molecule has 2 fully saturated rings. The standard InChI is InChI=1S/C13H13N3O4/c1-3-7(14)10-6(2)12(19)16(13(10)20)8-4-5-9(17)15-11(8)18/h3,8H,1-2,4-5,14H2,(H,15,17,18)/b10-7-. The number of allylic oxidation sites excluding steroid dienone is 1. The number of nitrogens with one attached hydrogen (secondary N) is 1. The normalized spacial score (nSPS) is 25.9. The van der Waals surface area contributed by atoms with Crippen LogP contribution in [-0.2, 0) is 19.2 Å². The quantitative estimate of drug-likeness (QED) is 0.502. The van der Waals surface area contributed by atoms with Gasteiger partial charge in [-0.3, -0.25) is 29.4 Å². The molecule has 3 N–H and O–H groups in total. The molecule has 1 atom stereocenters. The van der Waals surface area contributed by atoms with Gasteiger partial charge in [-0.15, -0.1) is 0 Å². The summed E-state index contributed by atoms with van der Waals surface area (Å²) >= 11 is 0. The number of likely N-dealkylation sites (tertiary alicyclic amines) is 1. The summed E-state index contributed by atoms with van der Waals surface area (Å²) in [5, 5.41) is 2.10. The Bertz CT molecular complexity index is 603. The maximum absolute atomic E-state index is 12.2. The van der Waals surface area contributed by atoms with Crippen molar-refractivity contribution in [3.05, 3.63) is 36.1 Å². The number of carbonyl (C=O) groups is 4. The van der Waals surface area contributed by atoms with Crippen LogP contribution in [0.25, 0.3) is 0 Å². The van der Waals surface area contributed by atoms with Gasteiger partial charge in [-0.2, -0.15) is 0 Å². The molecular weight excluding hydrogens is 262 g/mol. The average Bonchev–Trinajstić information content (AvgIpc) is 2.61. The van der Waals surface area contributed by atoms with Crippen LogP contribution in [0.4, 0.5) is 0 Å². The summed E-state index contributed by atoms with van der Waals surface area (Å²) in [6.45, 7) is 6.96. The number of imide groups is 2. The molecule has 2 aliphatic rings. The Hall–Kier alpha value is -2.70. The lowest BCUT2D eigenvalue weighted by atomic mass is 10.0. The molecule has 1 unspecified atom stereocenters. The lowest BCUT2D eigenvalue weighted by Gasteiger charge is -2.27. The molecule has 0 spiro atoms. The molecule has 0 bridgehead atoms. The topological polar surface area (TPSA) is 110 Å². The van der Waals surface area contributed by atoms with Crippen LogP contribution in [0.5, 0.6) is 0 Å². The first-order chi connectivity index (χ1) is 9.38. The zero-order chi connectivity index (χ0) is 15.0. The monoisotopic (exact) mass is 275 g/mol. The summed E-state index contributed by atoms with van der Waals surface area (Å²) in [6.07, 6.45) is 1.40. The van der Waals surface area contributed by atoms with E-state index < -0.39 is 29.7 Å². The smallest absolute Gasteiger partial charge is 0.264 e. The van der Waals surface area contributed by atoms with E-state index in [2.05, 4.69) is 18.5 Å². The Labute approximate surface area is 114 Å². The van der Waals surface area contributed by atoms with Gasteiger partial charge >= 0.3 is 0 Å². The molecule has 0 aromatic heterocycles. The van der Waals surface area contributed by atoms with E-state index in [-0.39, 0.29) is 29.7 Å². The highest BCUT2D eigenvalue weighted by Crippen LogP contribution is 2.29. The van der Waals surface area contributed by atoms with Crippen LogP contribution in [-0.4, -0.2) is 34.6 Å². The van der Waals surface area contributed by atoms with Gasteiger partial charge in [0.25, 0.3) is 11.8 Å². The van der Waals surface area contributed by atoms with Crippen LogP contribution < -0.4 is 11.1 Å². The molecule has 2 saturated heterocycles. The number of nitrogens with zero attached hydrogens (tertiary/aromatic N) is 1. The second kappa shape index (κ2) is 4.76. The van der Waals surface area contributed by atoms with Crippen molar-refractivity contribution in [1.29, 1.82) is 0 Å². The Kier molecular flexibility index (Phi) is 3.27. The van der Waals surface area contributed by atoms with Crippen molar-refractivity contribution in [1.82, 2.24) is 10.2 Å². The number of hydrogen-bond acceptors (Lipinski definition) is 5. The van der Waals surface area contributed by atoms with Gasteiger partial charge in [0.1, 0.15) is 6.04 Å². The fourth-order valence-corrected chi connectivity index (χ4v) is 2.21. The van der Waals surface area contributed by atoms with Crippen LogP contribution >= 0.6 is 0 Å². The number of rotatable bonds is 2. The largest absolute Gasteiger partial charge is 0.398 e. The minimum atomic E-state index is -1.01. The number of hydrogen-bond donors (Lipinski definition) is 2. The summed E-state index contributed by atoms with van der Waals surface area (Å²) in [5.41, 5.74) is 5.53. The summed E-state index contributed by atoms with van der Waals surface area (Å²) in [4.78, 5) is 48.0. The molecule has 0 aromatic carbocycles. The third kappa shape index (κ3) is 1.93. The minimum absolute atomic E-state index is 0.0307. The summed E-state index contributed by atoms with van der Waals surface area (Å²) in [6, 6.07) is -1.01. The Balaban J connectivity index is 2.39. The van der Waals surface area contributed by atoms with E-state index in [9.17, 15) is 19.2 Å². The van der Waals surface area contributed by atoms with Crippen LogP contribution in [0.15, 0.2) is 36.1 Å². The van der Waals surface area contributed by atoms with E-state index in [4.69, 9.17) is 5.73 Å². The fraction of sp³-hybridized carbons (Fsp3) is 0.231. The Morgan fingerprint density at radius 1 is 1.30 bits per heavy atom. The number of piperidine rings is 1. The average molecular weight is 275 g/mol. The SMILES string of the molecule is C=C/C(N)=C1\C(=C)C(=O)N(C2CCC(=O)NC2=O)C1=O. The first kappa shape index (κ1) is 13.7. The molecule has 0 saturated carbocycles. The predicted octanol–water partition coefficient (Wildman–Crippen LogP) is -0.885. The molecule has 0 aromatic rings. The maximum atomic E-state index is 12.2. The van der Waals surface area contributed by atoms with Crippen molar-refractivity contribution < 1.29 is 19.2 Å². The first-order valence-electron chi connectivity index (χ1n) is 5.91. The number of carbonyl (C=O) groups excluding carboxylic acids is 4. The highest BCUT2D eigenvalue weighted by atomic mass is 16.2. The zero-order valence-corrected chi connectivity index (χ0v) is 10.6. The van der Waals surface area contributed by atoms with Crippen molar-refractivity contribution in [2.24, 2.45) is 5.73 Å². The lowest BCUT2D eigenvalue weighted by Crippen LogP contribution is -2.54. The van der Waals surface area contributed by atoms with Gasteiger partial charge in [-0.25, -0.2) is 0 Å². The molecule has 0 radical (unpaired) electrons. The lowest BCUT2D eigenvalue weighted by molar-refractivity contribution is -0.149. The van der Waals surface area contributed by atoms with E-state index in [0.29, 0.717) is 0 Å². The van der Waals surface area contributed by atoms with Crippen molar-refractivity contribution >= 4 is 23.6 Å². The van der Waals surface area contributed by atoms with Gasteiger partial charge in [0.05, 0.1) is 5.57 Å². The summed E-state index contributed by atoms with van der Waals surface area (Å²) in [7, 11) is 0. The molecule has 2 rings (SSSR count). The molecule has 104 valence electrons. The van der Waals surface area contributed by atoms with Gasteiger partial charge in [0.15, 0.2) is 0 Å². The van der Waals surface area contributed by atoms with E-state index in [1.54, 1.807) is 0 Å². The first-order valence-corrected chi connectivity index (χ1v) is 5.91. The summed E-state index contributed by atoms with van der Waals surface area (Å²) < 4.78 is 0. The van der Waals surface area contributed by atoms with Gasteiger partial charge < -0.3 is 5.73 Å². The van der Waals surface area contributed by atoms with Crippen molar-refractivity contribution in [2.45, 2.75) is 18.9 Å².